The Bertz CT molecular complexity index is 509. The second-order valence-electron chi connectivity index (χ2n) is 6.88. The Labute approximate surface area is 139 Å². The van der Waals surface area contributed by atoms with E-state index in [1.54, 1.807) is 0 Å². The number of nitrogens with one attached hydrogen (secondary N) is 1. The summed E-state index contributed by atoms with van der Waals surface area (Å²) in [5.74, 6) is 0.685. The number of piperazine rings is 1. The van der Waals surface area contributed by atoms with Gasteiger partial charge in [0, 0.05) is 44.5 Å². The summed E-state index contributed by atoms with van der Waals surface area (Å²) in [6, 6.07) is 6.77. The van der Waals surface area contributed by atoms with E-state index in [2.05, 4.69) is 35.1 Å². The Morgan fingerprint density at radius 1 is 1.22 bits per heavy atom. The van der Waals surface area contributed by atoms with Gasteiger partial charge in [-0.3, -0.25) is 9.88 Å². The Morgan fingerprint density at radius 3 is 2.52 bits per heavy atom. The van der Waals surface area contributed by atoms with Crippen LogP contribution in [-0.4, -0.2) is 53.0 Å². The highest BCUT2D eigenvalue weighted by Gasteiger charge is 2.29. The summed E-state index contributed by atoms with van der Waals surface area (Å²) in [5, 5.41) is 3.18. The van der Waals surface area contributed by atoms with E-state index in [0.717, 1.165) is 31.9 Å². The maximum Gasteiger partial charge on any atom is 0.317 e. The molecule has 2 atom stereocenters. The van der Waals surface area contributed by atoms with Crippen molar-refractivity contribution >= 4 is 6.03 Å². The molecule has 2 amide bonds. The van der Waals surface area contributed by atoms with Crippen molar-refractivity contribution in [2.24, 2.45) is 5.92 Å². The van der Waals surface area contributed by atoms with Gasteiger partial charge in [0.15, 0.2) is 0 Å². The third-order valence-electron chi connectivity index (χ3n) is 5.47. The number of aromatic nitrogens is 1. The lowest BCUT2D eigenvalue weighted by atomic mass is 9.80. The van der Waals surface area contributed by atoms with Crippen LogP contribution in [0.25, 0.3) is 0 Å². The molecule has 5 heteroatoms. The summed E-state index contributed by atoms with van der Waals surface area (Å²) in [6.45, 7) is 7.73. The lowest BCUT2D eigenvalue weighted by Gasteiger charge is -2.39. The van der Waals surface area contributed by atoms with E-state index >= 15 is 0 Å². The molecule has 0 bridgehead atoms. The second-order valence-corrected chi connectivity index (χ2v) is 6.88. The van der Waals surface area contributed by atoms with Crippen LogP contribution >= 0.6 is 0 Å². The van der Waals surface area contributed by atoms with Crippen LogP contribution in [0.5, 0.6) is 0 Å². The van der Waals surface area contributed by atoms with Crippen molar-refractivity contribution < 1.29 is 4.79 Å². The fourth-order valence-electron chi connectivity index (χ4n) is 3.47. The van der Waals surface area contributed by atoms with Gasteiger partial charge >= 0.3 is 6.03 Å². The molecular formula is C18H28N4O. The van der Waals surface area contributed by atoms with Gasteiger partial charge in [0.25, 0.3) is 0 Å². The molecule has 5 nitrogen and oxygen atoms in total. The molecule has 1 saturated carbocycles. The van der Waals surface area contributed by atoms with Gasteiger partial charge in [-0.1, -0.05) is 12.5 Å². The van der Waals surface area contributed by atoms with Gasteiger partial charge in [-0.05, 0) is 44.7 Å². The maximum absolute atomic E-state index is 12.4. The van der Waals surface area contributed by atoms with Crippen molar-refractivity contribution in [2.45, 2.75) is 45.2 Å². The number of carbonyl (C=O) groups is 1. The molecular weight excluding hydrogens is 288 g/mol. The van der Waals surface area contributed by atoms with Crippen LogP contribution in [-0.2, 0) is 0 Å². The molecule has 1 aromatic heterocycles. The van der Waals surface area contributed by atoms with E-state index in [1.165, 1.54) is 19.3 Å². The first kappa shape index (κ1) is 16.2. The molecule has 1 aromatic rings. The molecule has 2 fully saturated rings. The van der Waals surface area contributed by atoms with Crippen molar-refractivity contribution in [2.75, 3.05) is 26.2 Å². The van der Waals surface area contributed by atoms with Crippen LogP contribution in [0.2, 0.25) is 0 Å². The standard InChI is InChI=1S/C18H28N4O/c1-14(16-6-5-7-16)20-18(23)22-12-10-21(11-13-22)15(2)17-8-3-4-9-19-17/h3-4,8-9,14-16H,5-7,10-13H2,1-2H3,(H,20,23)/t14-,15-/m0/s1. The normalized spacial score (nSPS) is 22.3. The Hall–Kier alpha value is -1.62. The predicted molar refractivity (Wildman–Crippen MR) is 91.1 cm³/mol. The lowest BCUT2D eigenvalue weighted by Crippen LogP contribution is -2.54. The number of carbonyl (C=O) groups excluding carboxylic acids is 1. The van der Waals surface area contributed by atoms with E-state index in [0.29, 0.717) is 18.0 Å². The zero-order valence-corrected chi connectivity index (χ0v) is 14.2. The highest BCUT2D eigenvalue weighted by atomic mass is 16.2. The van der Waals surface area contributed by atoms with Crippen LogP contribution in [0.3, 0.4) is 0 Å². The molecule has 23 heavy (non-hydrogen) atoms. The summed E-state index contributed by atoms with van der Waals surface area (Å²) in [4.78, 5) is 21.2. The minimum atomic E-state index is 0.106. The smallest absolute Gasteiger partial charge is 0.317 e. The minimum Gasteiger partial charge on any atom is -0.335 e. The van der Waals surface area contributed by atoms with Gasteiger partial charge in [0.2, 0.25) is 0 Å². The van der Waals surface area contributed by atoms with Crippen LogP contribution in [0.15, 0.2) is 24.4 Å². The summed E-state index contributed by atoms with van der Waals surface area (Å²) in [7, 11) is 0. The maximum atomic E-state index is 12.4. The third kappa shape index (κ3) is 3.83. The number of urea groups is 1. The Balaban J connectivity index is 1.47. The van der Waals surface area contributed by atoms with E-state index in [-0.39, 0.29) is 6.03 Å². The molecule has 0 spiro atoms. The van der Waals surface area contributed by atoms with Crippen molar-refractivity contribution in [1.29, 1.82) is 0 Å². The van der Waals surface area contributed by atoms with E-state index in [4.69, 9.17) is 0 Å². The molecule has 2 heterocycles. The predicted octanol–water partition coefficient (Wildman–Crippen LogP) is 2.66. The first-order valence-electron chi connectivity index (χ1n) is 8.85. The first-order valence-corrected chi connectivity index (χ1v) is 8.85. The average Bonchev–Trinajstić information content (AvgIpc) is 2.53. The van der Waals surface area contributed by atoms with Gasteiger partial charge in [0.1, 0.15) is 0 Å². The van der Waals surface area contributed by atoms with Crippen LogP contribution in [0, 0.1) is 5.92 Å². The van der Waals surface area contributed by atoms with Crippen molar-refractivity contribution in [3.63, 3.8) is 0 Å². The highest BCUT2D eigenvalue weighted by Crippen LogP contribution is 2.29. The van der Waals surface area contributed by atoms with Crippen LogP contribution < -0.4 is 5.32 Å². The summed E-state index contributed by atoms with van der Waals surface area (Å²) in [6.07, 6.45) is 5.68. The molecule has 1 aliphatic heterocycles. The number of pyridine rings is 1. The van der Waals surface area contributed by atoms with Crippen LogP contribution in [0.4, 0.5) is 4.79 Å². The van der Waals surface area contributed by atoms with Crippen molar-refractivity contribution in [3.05, 3.63) is 30.1 Å². The van der Waals surface area contributed by atoms with Gasteiger partial charge < -0.3 is 10.2 Å². The van der Waals surface area contributed by atoms with Crippen molar-refractivity contribution in [1.82, 2.24) is 20.1 Å². The fourth-order valence-corrected chi connectivity index (χ4v) is 3.47. The number of nitrogens with zero attached hydrogens (tertiary/aromatic N) is 3. The lowest BCUT2D eigenvalue weighted by molar-refractivity contribution is 0.108. The number of amides is 2. The first-order chi connectivity index (χ1) is 11.1. The molecule has 1 N–H and O–H groups in total. The van der Waals surface area contributed by atoms with Gasteiger partial charge in [-0.2, -0.15) is 0 Å². The monoisotopic (exact) mass is 316 g/mol. The highest BCUT2D eigenvalue weighted by molar-refractivity contribution is 5.74. The second kappa shape index (κ2) is 7.30. The topological polar surface area (TPSA) is 48.5 Å². The average molecular weight is 316 g/mol. The Morgan fingerprint density at radius 2 is 1.96 bits per heavy atom. The number of hydrogen-bond donors (Lipinski definition) is 1. The van der Waals surface area contributed by atoms with E-state index < -0.39 is 0 Å². The molecule has 3 rings (SSSR count). The van der Waals surface area contributed by atoms with E-state index in [1.807, 2.05) is 23.2 Å². The minimum absolute atomic E-state index is 0.106. The molecule has 0 radical (unpaired) electrons. The quantitative estimate of drug-likeness (QED) is 0.929. The van der Waals surface area contributed by atoms with Gasteiger partial charge in [-0.15, -0.1) is 0 Å². The summed E-state index contributed by atoms with van der Waals surface area (Å²) >= 11 is 0. The zero-order valence-electron chi connectivity index (χ0n) is 14.2. The number of hydrogen-bond acceptors (Lipinski definition) is 3. The molecule has 2 aliphatic rings. The molecule has 0 unspecified atom stereocenters. The number of rotatable bonds is 4. The van der Waals surface area contributed by atoms with Gasteiger partial charge in [0.05, 0.1) is 5.69 Å². The fraction of sp³-hybridized carbons (Fsp3) is 0.667. The largest absolute Gasteiger partial charge is 0.335 e. The summed E-state index contributed by atoms with van der Waals surface area (Å²) < 4.78 is 0. The van der Waals surface area contributed by atoms with E-state index in [9.17, 15) is 4.79 Å². The third-order valence-corrected chi connectivity index (χ3v) is 5.47. The summed E-state index contributed by atoms with van der Waals surface area (Å²) in [5.41, 5.74) is 1.10. The van der Waals surface area contributed by atoms with Gasteiger partial charge in [-0.25, -0.2) is 4.79 Å². The van der Waals surface area contributed by atoms with Crippen molar-refractivity contribution in [3.8, 4) is 0 Å². The van der Waals surface area contributed by atoms with Crippen LogP contribution in [0.1, 0.15) is 44.8 Å². The molecule has 1 aliphatic carbocycles. The Kier molecular flexibility index (Phi) is 5.16. The molecule has 1 saturated heterocycles. The zero-order chi connectivity index (χ0) is 16.2. The molecule has 0 aromatic carbocycles. The molecule has 126 valence electrons. The SMILES string of the molecule is C[C@H](NC(=O)N1CCN([C@@H](C)c2ccccn2)CC1)C1CCC1.